The van der Waals surface area contributed by atoms with E-state index in [2.05, 4.69) is 14.9 Å². The summed E-state index contributed by atoms with van der Waals surface area (Å²) >= 11 is 3.33. The molecule has 8 aromatic rings. The number of nitrogens with zero attached hydrogens (tertiary/aromatic N) is 5. The van der Waals surface area contributed by atoms with Gasteiger partial charge in [0.05, 0.1) is 29.4 Å². The topological polar surface area (TPSA) is 163 Å². The molecule has 13 nitrogen and oxygen atoms in total. The van der Waals surface area contributed by atoms with E-state index in [1.165, 1.54) is 57.9 Å². The van der Waals surface area contributed by atoms with Crippen LogP contribution in [0, 0.1) is 34.9 Å². The Bertz CT molecular complexity index is 3940. The van der Waals surface area contributed by atoms with Gasteiger partial charge in [-0.05, 0) is 124 Å². The van der Waals surface area contributed by atoms with E-state index >= 15 is 0 Å². The van der Waals surface area contributed by atoms with Gasteiger partial charge in [0, 0.05) is 69.6 Å². The van der Waals surface area contributed by atoms with E-state index in [0.717, 1.165) is 84.7 Å². The van der Waals surface area contributed by atoms with Crippen molar-refractivity contribution in [3.8, 4) is 11.4 Å². The third kappa shape index (κ3) is 16.5. The van der Waals surface area contributed by atoms with Gasteiger partial charge in [0.1, 0.15) is 45.9 Å². The van der Waals surface area contributed by atoms with Crippen LogP contribution in [0.15, 0.2) is 151 Å². The molecule has 2 aromatic heterocycles. The zero-order valence-electron chi connectivity index (χ0n) is 47.6. The van der Waals surface area contributed by atoms with Crippen molar-refractivity contribution < 1.29 is 57.5 Å². The van der Waals surface area contributed by atoms with Crippen LogP contribution in [-0.2, 0) is 49.1 Å². The summed E-state index contributed by atoms with van der Waals surface area (Å²) in [6, 6.07) is 36.1. The van der Waals surface area contributed by atoms with Gasteiger partial charge in [0.2, 0.25) is 20.0 Å². The number of nitrogens with one attached hydrogen (secondary N) is 1. The molecule has 0 aliphatic carbocycles. The molecule has 6 aromatic carbocycles. The SMILES string of the molecule is C[C@@H](c1ccccc1)N(C(=O)OC(C)(C)C)S(C)(=O)=O.C[C@H](NS(=O)(=O)/C=C/c1nn(-c2ccc(F)cc2F)c2c1CSCC2Cc1ccc(F)cc1)c1ccccc1.O=Cc1nn(-c2ccc(F)cc2F)c2c1CSCC2Cc1ccc(F)cc1. The van der Waals surface area contributed by atoms with Crippen LogP contribution in [0.1, 0.15) is 119 Å². The monoisotopic (exact) mass is 1260 g/mol. The first-order valence-electron chi connectivity index (χ1n) is 27.1. The summed E-state index contributed by atoms with van der Waals surface area (Å²) in [5, 5.41) is 9.95. The quantitative estimate of drug-likeness (QED) is 0.0768. The molecule has 0 fully saturated rings. The third-order valence-corrected chi connectivity index (χ3v) is 18.4. The van der Waals surface area contributed by atoms with Crippen molar-refractivity contribution in [2.45, 2.75) is 88.5 Å². The van der Waals surface area contributed by atoms with Crippen molar-refractivity contribution in [2.75, 3.05) is 17.8 Å². The molecule has 2 aliphatic heterocycles. The molecule has 4 atom stereocenters. The number of carbonyl (C=O) groups is 2. The van der Waals surface area contributed by atoms with Crippen LogP contribution in [0.4, 0.5) is 31.1 Å². The minimum absolute atomic E-state index is 0.0325. The predicted octanol–water partition coefficient (Wildman–Crippen LogP) is 14.1. The Balaban J connectivity index is 0.000000178. The highest BCUT2D eigenvalue weighted by atomic mass is 32.2. The summed E-state index contributed by atoms with van der Waals surface area (Å²) in [4.78, 5) is 23.6. The number of amides is 1. The van der Waals surface area contributed by atoms with Gasteiger partial charge in [-0.25, -0.2) is 62.1 Å². The summed E-state index contributed by atoms with van der Waals surface area (Å²) in [7, 11) is -7.56. The van der Waals surface area contributed by atoms with Gasteiger partial charge in [-0.3, -0.25) is 4.79 Å². The van der Waals surface area contributed by atoms with Crippen molar-refractivity contribution in [3.05, 3.63) is 242 Å². The average molecular weight is 1260 g/mol. The highest BCUT2D eigenvalue weighted by Crippen LogP contribution is 2.41. The van der Waals surface area contributed by atoms with E-state index in [-0.39, 0.29) is 40.5 Å². The first kappa shape index (κ1) is 64.6. The number of benzene rings is 6. The highest BCUT2D eigenvalue weighted by molar-refractivity contribution is 7.98. The number of hydrogen-bond acceptors (Lipinski definition) is 11. The Morgan fingerprint density at radius 3 is 1.51 bits per heavy atom. The first-order chi connectivity index (χ1) is 40.8. The molecule has 0 bridgehead atoms. The lowest BCUT2D eigenvalue weighted by atomic mass is 9.94. The van der Waals surface area contributed by atoms with Gasteiger partial charge in [-0.1, -0.05) is 84.9 Å². The lowest BCUT2D eigenvalue weighted by Crippen LogP contribution is -2.41. The van der Waals surface area contributed by atoms with Gasteiger partial charge < -0.3 is 4.74 Å². The van der Waals surface area contributed by atoms with Gasteiger partial charge in [-0.15, -0.1) is 0 Å². The molecule has 0 saturated heterocycles. The molecule has 86 heavy (non-hydrogen) atoms. The summed E-state index contributed by atoms with van der Waals surface area (Å²) in [6.45, 7) is 8.49. The lowest BCUT2D eigenvalue weighted by molar-refractivity contribution is 0.0347. The summed E-state index contributed by atoms with van der Waals surface area (Å²) in [6.07, 6.45) is 3.36. The van der Waals surface area contributed by atoms with E-state index in [0.29, 0.717) is 42.1 Å². The minimum atomic E-state index is -3.83. The molecule has 1 N–H and O–H groups in total. The Hall–Kier alpha value is -7.44. The summed E-state index contributed by atoms with van der Waals surface area (Å²) < 4.78 is 144. The van der Waals surface area contributed by atoms with Crippen LogP contribution in [0.5, 0.6) is 0 Å². The van der Waals surface area contributed by atoms with E-state index < -0.39 is 67.1 Å². The number of halogens is 6. The van der Waals surface area contributed by atoms with Crippen LogP contribution in [0.2, 0.25) is 0 Å². The van der Waals surface area contributed by atoms with Crippen molar-refractivity contribution in [1.29, 1.82) is 0 Å². The van der Waals surface area contributed by atoms with Gasteiger partial charge >= 0.3 is 6.09 Å². The Kier molecular flexibility index (Phi) is 21.0. The number of aldehydes is 1. The van der Waals surface area contributed by atoms with Gasteiger partial charge in [0.15, 0.2) is 17.9 Å². The second-order valence-corrected chi connectivity index (χ2v) is 27.0. The standard InChI is InChI=1S/C29H26F3N3O2S2.C20H15F3N2OS.C14H21NO4S/c1-19(21-5-3-2-4-6-21)34-39(36,37)14-13-27-25-18-38-17-22(15-20-7-9-23(30)10-8-20)29(25)35(33-27)28-12-11-24(31)16-26(28)32;21-14-3-1-12(2-4-14)7-13-10-27-11-16-18(9-26)24-25(20(13)16)19-6-5-15(22)8-17(19)23;1-11(12-9-7-6-8-10-12)15(20(5,17)18)13(16)19-14(2,3)4/h2-14,16,19,22,34H,15,17-18H2,1H3;1-6,8-9,13H,7,10-11H2;6-11H,1-5H3/b14-13+;;/t19-,22?;;11-/m0.0/s1. The molecule has 10 rings (SSSR count). The number of carbonyl (C=O) groups excluding carboxylic acids is 2. The van der Waals surface area contributed by atoms with Crippen molar-refractivity contribution in [1.82, 2.24) is 28.6 Å². The Morgan fingerprint density at radius 1 is 0.651 bits per heavy atom. The molecule has 0 radical (unpaired) electrons. The maximum Gasteiger partial charge on any atom is 0.424 e. The highest BCUT2D eigenvalue weighted by Gasteiger charge is 2.35. The predicted molar refractivity (Wildman–Crippen MR) is 324 cm³/mol. The van der Waals surface area contributed by atoms with Crippen molar-refractivity contribution >= 4 is 62.0 Å². The molecule has 452 valence electrons. The number of hydrogen-bond donors (Lipinski definition) is 1. The third-order valence-electron chi connectivity index (χ3n) is 13.8. The number of ether oxygens (including phenoxy) is 1. The molecular formula is C63H62F6N6O7S4. The fourth-order valence-corrected chi connectivity index (χ4v) is 14.3. The maximum atomic E-state index is 14.9. The van der Waals surface area contributed by atoms with E-state index in [1.807, 2.05) is 36.4 Å². The lowest BCUT2D eigenvalue weighted by Gasteiger charge is -2.30. The number of rotatable bonds is 15. The molecule has 23 heteroatoms. The van der Waals surface area contributed by atoms with E-state index in [4.69, 9.17) is 4.74 Å². The van der Waals surface area contributed by atoms with Crippen molar-refractivity contribution in [2.24, 2.45) is 0 Å². The summed E-state index contributed by atoms with van der Waals surface area (Å²) in [5.74, 6) is -1.07. The van der Waals surface area contributed by atoms with Crippen LogP contribution >= 0.6 is 23.5 Å². The normalized spacial score (nSPS) is 15.7. The zero-order chi connectivity index (χ0) is 62.1. The zero-order valence-corrected chi connectivity index (χ0v) is 50.9. The fraction of sp³-hybridized carbons (Fsp3) is 0.270. The fourth-order valence-electron chi connectivity index (χ4n) is 9.89. The first-order valence-corrected chi connectivity index (χ1v) is 32.8. The van der Waals surface area contributed by atoms with Crippen LogP contribution in [0.3, 0.4) is 0 Å². The van der Waals surface area contributed by atoms with E-state index in [9.17, 15) is 52.8 Å². The smallest absolute Gasteiger partial charge is 0.424 e. The molecule has 0 spiro atoms. The number of fused-ring (bicyclic) bond motifs is 2. The number of sulfonamides is 2. The molecule has 1 amide bonds. The average Bonchev–Trinajstić information content (AvgIpc) is 1.72. The Labute approximate surface area is 505 Å². The number of aromatic nitrogens is 4. The van der Waals surface area contributed by atoms with E-state index in [1.54, 1.807) is 107 Å². The van der Waals surface area contributed by atoms with Crippen LogP contribution in [0.25, 0.3) is 17.5 Å². The molecule has 2 unspecified atom stereocenters. The molecule has 0 saturated carbocycles. The molecule has 2 aliphatic rings. The van der Waals surface area contributed by atoms with Crippen LogP contribution in [-0.4, -0.2) is 76.4 Å². The van der Waals surface area contributed by atoms with Gasteiger partial charge in [0.25, 0.3) is 0 Å². The molecule has 4 heterocycles. The molecular weight excluding hydrogens is 1190 g/mol. The van der Waals surface area contributed by atoms with Crippen LogP contribution < -0.4 is 4.72 Å². The second-order valence-electron chi connectivity index (χ2n) is 21.4. The Morgan fingerprint density at radius 2 is 1.08 bits per heavy atom. The summed E-state index contributed by atoms with van der Waals surface area (Å²) in [5.41, 5.74) is 6.52. The van der Waals surface area contributed by atoms with Crippen molar-refractivity contribution in [3.63, 3.8) is 0 Å². The number of thioether (sulfide) groups is 2. The largest absolute Gasteiger partial charge is 0.443 e. The minimum Gasteiger partial charge on any atom is -0.443 e. The second kappa shape index (κ2) is 27.9. The van der Waals surface area contributed by atoms with Gasteiger partial charge in [-0.2, -0.15) is 38.0 Å². The maximum absolute atomic E-state index is 14.9.